The van der Waals surface area contributed by atoms with Crippen molar-refractivity contribution >= 4 is 12.5 Å². The fourth-order valence-corrected chi connectivity index (χ4v) is 6.31. The quantitative estimate of drug-likeness (QED) is 0.333. The molecule has 0 amide bonds. The van der Waals surface area contributed by atoms with E-state index >= 15 is 0 Å². The lowest BCUT2D eigenvalue weighted by Crippen LogP contribution is -2.50. The van der Waals surface area contributed by atoms with Gasteiger partial charge in [0.05, 0.1) is 19.5 Å². The number of benzene rings is 1. The van der Waals surface area contributed by atoms with Crippen molar-refractivity contribution in [1.29, 1.82) is 0 Å². The Morgan fingerprint density at radius 3 is 2.46 bits per heavy atom. The first-order valence-electron chi connectivity index (χ1n) is 13.7. The van der Waals surface area contributed by atoms with Crippen LogP contribution in [-0.2, 0) is 15.9 Å². The van der Waals surface area contributed by atoms with Gasteiger partial charge in [-0.1, -0.05) is 63.4 Å². The summed E-state index contributed by atoms with van der Waals surface area (Å²) in [5, 5.41) is 0. The molecule has 0 aromatic heterocycles. The molecule has 35 heavy (non-hydrogen) atoms. The number of rotatable bonds is 12. The molecule has 1 aromatic carbocycles. The minimum Gasteiger partial charge on any atom is -0.438 e. The molecule has 0 radical (unpaired) electrons. The third-order valence-electron chi connectivity index (χ3n) is 8.09. The molecule has 1 aliphatic heterocycles. The minimum absolute atomic E-state index is 0.0887. The van der Waals surface area contributed by atoms with E-state index in [1.54, 1.807) is 0 Å². The van der Waals surface area contributed by atoms with Gasteiger partial charge in [-0.05, 0) is 70.0 Å². The fraction of sp³-hybridized carbons (Fsp3) is 0.724. The third kappa shape index (κ3) is 7.22. The fourth-order valence-electron chi connectivity index (χ4n) is 6.31. The Labute approximate surface area is 213 Å². The van der Waals surface area contributed by atoms with Crippen LogP contribution in [0.3, 0.4) is 0 Å². The summed E-state index contributed by atoms with van der Waals surface area (Å²) in [6.07, 6.45) is 12.3. The molecular formula is C29H47N3O3. The Kier molecular flexibility index (Phi) is 10.4. The highest BCUT2D eigenvalue weighted by atomic mass is 16.7. The zero-order chi connectivity index (χ0) is 25.3. The van der Waals surface area contributed by atoms with Gasteiger partial charge in [-0.25, -0.2) is 9.79 Å². The highest BCUT2D eigenvalue weighted by molar-refractivity contribution is 5.64. The molecule has 3 rings (SSSR count). The number of hydrogen-bond donors (Lipinski definition) is 0. The number of methoxy groups -OCH3 is 1. The van der Waals surface area contributed by atoms with E-state index in [4.69, 9.17) is 14.5 Å². The number of ether oxygens (including phenoxy) is 2. The van der Waals surface area contributed by atoms with Crippen LogP contribution in [0.25, 0.3) is 0 Å². The van der Waals surface area contributed by atoms with Crippen LogP contribution < -0.4 is 0 Å². The predicted molar refractivity (Wildman–Crippen MR) is 143 cm³/mol. The standard InChI is InChI=1S/C29H47N3O3/c1-6-19-29(35-28(33)34-5)27(32(20-7-2)22-30-29)21-24-13-16-25(17-14-24)26(31(3)4)18-15-23-11-9-8-10-12-23/h8-12,22,24-27H,6-7,13-21H2,1-5H3. The number of carbonyl (C=O) groups excluding carboxylic acids is 1. The Hall–Kier alpha value is -2.08. The number of carbonyl (C=O) groups is 1. The first-order valence-corrected chi connectivity index (χ1v) is 13.7. The van der Waals surface area contributed by atoms with E-state index in [1.807, 2.05) is 6.34 Å². The van der Waals surface area contributed by atoms with Crippen molar-refractivity contribution < 1.29 is 14.3 Å². The molecule has 196 valence electrons. The van der Waals surface area contributed by atoms with Crippen LogP contribution in [0.15, 0.2) is 35.3 Å². The van der Waals surface area contributed by atoms with Gasteiger partial charge in [0, 0.05) is 19.0 Å². The van der Waals surface area contributed by atoms with E-state index in [1.165, 1.54) is 44.8 Å². The van der Waals surface area contributed by atoms with Crippen LogP contribution in [0.1, 0.15) is 77.2 Å². The lowest BCUT2D eigenvalue weighted by atomic mass is 9.74. The molecule has 1 saturated carbocycles. The molecule has 6 heteroatoms. The Balaban J connectivity index is 1.62. The monoisotopic (exact) mass is 485 g/mol. The van der Waals surface area contributed by atoms with Crippen LogP contribution in [-0.4, -0.2) is 67.9 Å². The smallest absolute Gasteiger partial charge is 0.438 e. The van der Waals surface area contributed by atoms with Crippen molar-refractivity contribution in [2.24, 2.45) is 16.8 Å². The summed E-state index contributed by atoms with van der Waals surface area (Å²) in [4.78, 5) is 21.7. The van der Waals surface area contributed by atoms with Gasteiger partial charge in [0.15, 0.2) is 0 Å². The van der Waals surface area contributed by atoms with Gasteiger partial charge in [0.25, 0.3) is 0 Å². The molecule has 0 N–H and O–H groups in total. The van der Waals surface area contributed by atoms with Crippen molar-refractivity contribution in [3.8, 4) is 0 Å². The lowest BCUT2D eigenvalue weighted by Gasteiger charge is -2.41. The third-order valence-corrected chi connectivity index (χ3v) is 8.09. The summed E-state index contributed by atoms with van der Waals surface area (Å²) < 4.78 is 10.8. The maximum absolute atomic E-state index is 12.2. The van der Waals surface area contributed by atoms with Gasteiger partial charge < -0.3 is 19.3 Å². The summed E-state index contributed by atoms with van der Waals surface area (Å²) in [5.74, 6) is 1.37. The first kappa shape index (κ1) is 27.5. The van der Waals surface area contributed by atoms with Crippen molar-refractivity contribution in [2.45, 2.75) is 95.9 Å². The Morgan fingerprint density at radius 1 is 1.14 bits per heavy atom. The highest BCUT2D eigenvalue weighted by Crippen LogP contribution is 2.41. The van der Waals surface area contributed by atoms with Crippen LogP contribution in [0.4, 0.5) is 4.79 Å². The molecule has 2 aliphatic rings. The number of hydrogen-bond acceptors (Lipinski definition) is 6. The van der Waals surface area contributed by atoms with E-state index in [0.29, 0.717) is 12.0 Å². The van der Waals surface area contributed by atoms with Gasteiger partial charge in [-0.2, -0.15) is 0 Å². The van der Waals surface area contributed by atoms with Gasteiger partial charge in [0.1, 0.15) is 0 Å². The molecule has 0 saturated heterocycles. The van der Waals surface area contributed by atoms with Crippen LogP contribution in [0.5, 0.6) is 0 Å². The Morgan fingerprint density at radius 2 is 1.86 bits per heavy atom. The molecule has 1 fully saturated rings. The molecule has 0 bridgehead atoms. The number of nitrogens with zero attached hydrogens (tertiary/aromatic N) is 3. The molecule has 3 unspecified atom stereocenters. The van der Waals surface area contributed by atoms with Gasteiger partial charge in [-0.15, -0.1) is 0 Å². The predicted octanol–water partition coefficient (Wildman–Crippen LogP) is 6.15. The van der Waals surface area contributed by atoms with Gasteiger partial charge >= 0.3 is 6.16 Å². The second-order valence-corrected chi connectivity index (χ2v) is 10.7. The molecule has 3 atom stereocenters. The topological polar surface area (TPSA) is 54.4 Å². The normalized spacial score (nSPS) is 27.3. The van der Waals surface area contributed by atoms with E-state index < -0.39 is 11.9 Å². The summed E-state index contributed by atoms with van der Waals surface area (Å²) >= 11 is 0. The van der Waals surface area contributed by atoms with E-state index in [9.17, 15) is 4.79 Å². The number of aliphatic imine (C=N–C) groups is 1. The summed E-state index contributed by atoms with van der Waals surface area (Å²) in [6.45, 7) is 5.25. The zero-order valence-electron chi connectivity index (χ0n) is 22.6. The van der Waals surface area contributed by atoms with E-state index in [-0.39, 0.29) is 6.04 Å². The van der Waals surface area contributed by atoms with Crippen molar-refractivity contribution in [2.75, 3.05) is 27.7 Å². The van der Waals surface area contributed by atoms with Crippen LogP contribution >= 0.6 is 0 Å². The van der Waals surface area contributed by atoms with Crippen molar-refractivity contribution in [1.82, 2.24) is 9.80 Å². The molecular weight excluding hydrogens is 438 g/mol. The van der Waals surface area contributed by atoms with Gasteiger partial charge in [0.2, 0.25) is 5.72 Å². The second-order valence-electron chi connectivity index (χ2n) is 10.7. The van der Waals surface area contributed by atoms with Crippen molar-refractivity contribution in [3.05, 3.63) is 35.9 Å². The maximum Gasteiger partial charge on any atom is 0.510 e. The molecule has 1 heterocycles. The van der Waals surface area contributed by atoms with Crippen LogP contribution in [0, 0.1) is 11.8 Å². The minimum atomic E-state index is -0.824. The zero-order valence-corrected chi connectivity index (χ0v) is 22.6. The average molecular weight is 486 g/mol. The van der Waals surface area contributed by atoms with Crippen LogP contribution in [0.2, 0.25) is 0 Å². The molecule has 1 aromatic rings. The molecule has 0 spiro atoms. The average Bonchev–Trinajstić information content (AvgIpc) is 3.17. The number of aryl methyl sites for hydroxylation is 1. The summed E-state index contributed by atoms with van der Waals surface area (Å²) in [7, 11) is 5.85. The van der Waals surface area contributed by atoms with E-state index in [2.05, 4.69) is 68.1 Å². The SMILES string of the molecule is CCCN1C=NC(CCC)(OC(=O)OC)C1CC1CCC(C(CCc2ccccc2)N(C)C)CC1. The second kappa shape index (κ2) is 13.3. The van der Waals surface area contributed by atoms with Gasteiger partial charge in [-0.3, -0.25) is 0 Å². The van der Waals surface area contributed by atoms with Crippen molar-refractivity contribution in [3.63, 3.8) is 0 Å². The molecule has 6 nitrogen and oxygen atoms in total. The lowest BCUT2D eigenvalue weighted by molar-refractivity contribution is -0.0624. The summed E-state index contributed by atoms with van der Waals surface area (Å²) in [6, 6.07) is 11.6. The largest absolute Gasteiger partial charge is 0.510 e. The Bertz CT molecular complexity index is 792. The van der Waals surface area contributed by atoms with E-state index in [0.717, 1.165) is 44.6 Å². The first-order chi connectivity index (χ1) is 16.9. The maximum atomic E-state index is 12.2. The molecule has 1 aliphatic carbocycles. The summed E-state index contributed by atoms with van der Waals surface area (Å²) in [5.41, 5.74) is 0.610. The highest BCUT2D eigenvalue weighted by Gasteiger charge is 2.49.